The number of rotatable bonds is 5. The van der Waals surface area contributed by atoms with Gasteiger partial charge in [0.1, 0.15) is 11.6 Å². The summed E-state index contributed by atoms with van der Waals surface area (Å²) in [5.74, 6) is 0.444. The fourth-order valence-electron chi connectivity index (χ4n) is 4.19. The summed E-state index contributed by atoms with van der Waals surface area (Å²) in [4.78, 5) is 12.8. The molecule has 0 aliphatic heterocycles. The monoisotopic (exact) mass is 391 g/mol. The third kappa shape index (κ3) is 4.09. The largest absolute Gasteiger partial charge is 0.311 e. The Hall–Kier alpha value is -2.95. The summed E-state index contributed by atoms with van der Waals surface area (Å²) < 4.78 is 15.1. The second-order valence-electron chi connectivity index (χ2n) is 7.93. The van der Waals surface area contributed by atoms with Crippen LogP contribution in [-0.2, 0) is 11.2 Å². The van der Waals surface area contributed by atoms with Crippen LogP contribution in [0.1, 0.15) is 60.4 Å². The standard InChI is InChI=1S/C24H26FN3O/c1-16(18-10-12-20(25)13-11-18)14-23(29)27-24-17(2)15-26-28(24)22-9-5-7-19-6-3-4-8-21(19)22/h3-4,6,8,10-13,15-16,22H,5,7,9,14H2,1-2H3,(H,27,29). The van der Waals surface area contributed by atoms with Crippen molar-refractivity contribution in [3.8, 4) is 0 Å². The van der Waals surface area contributed by atoms with E-state index in [4.69, 9.17) is 0 Å². The second-order valence-corrected chi connectivity index (χ2v) is 7.93. The smallest absolute Gasteiger partial charge is 0.226 e. The van der Waals surface area contributed by atoms with Crippen LogP contribution in [0.25, 0.3) is 0 Å². The zero-order valence-corrected chi connectivity index (χ0v) is 16.9. The number of hydrogen-bond donors (Lipinski definition) is 1. The van der Waals surface area contributed by atoms with Crippen molar-refractivity contribution in [3.63, 3.8) is 0 Å². The van der Waals surface area contributed by atoms with Crippen LogP contribution in [0.5, 0.6) is 0 Å². The van der Waals surface area contributed by atoms with Gasteiger partial charge in [-0.05, 0) is 60.9 Å². The van der Waals surface area contributed by atoms with E-state index < -0.39 is 0 Å². The molecule has 0 saturated carbocycles. The first-order valence-corrected chi connectivity index (χ1v) is 10.2. The first kappa shape index (κ1) is 19.4. The summed E-state index contributed by atoms with van der Waals surface area (Å²) in [6.45, 7) is 3.95. The van der Waals surface area contributed by atoms with Gasteiger partial charge >= 0.3 is 0 Å². The highest BCUT2D eigenvalue weighted by Crippen LogP contribution is 2.35. The predicted octanol–water partition coefficient (Wildman–Crippen LogP) is 5.39. The lowest BCUT2D eigenvalue weighted by atomic mass is 9.88. The zero-order valence-electron chi connectivity index (χ0n) is 16.9. The average molecular weight is 391 g/mol. The number of amides is 1. The molecular weight excluding hydrogens is 365 g/mol. The van der Waals surface area contributed by atoms with Gasteiger partial charge in [-0.3, -0.25) is 4.79 Å². The van der Waals surface area contributed by atoms with Crippen molar-refractivity contribution >= 4 is 11.7 Å². The molecule has 1 aromatic heterocycles. The maximum atomic E-state index is 13.1. The normalized spacial score (nSPS) is 16.9. The molecule has 1 heterocycles. The number of carbonyl (C=O) groups is 1. The van der Waals surface area contributed by atoms with Crippen molar-refractivity contribution in [3.05, 3.63) is 82.8 Å². The summed E-state index contributed by atoms with van der Waals surface area (Å²) >= 11 is 0. The molecule has 1 amide bonds. The third-order valence-corrected chi connectivity index (χ3v) is 5.80. The summed E-state index contributed by atoms with van der Waals surface area (Å²) in [5, 5.41) is 7.69. The van der Waals surface area contributed by atoms with Crippen molar-refractivity contribution in [2.75, 3.05) is 5.32 Å². The van der Waals surface area contributed by atoms with Crippen LogP contribution in [0.15, 0.2) is 54.7 Å². The third-order valence-electron chi connectivity index (χ3n) is 5.80. The molecule has 2 unspecified atom stereocenters. The Bertz CT molecular complexity index is 1010. The fraction of sp³-hybridized carbons (Fsp3) is 0.333. The number of hydrogen-bond acceptors (Lipinski definition) is 2. The van der Waals surface area contributed by atoms with Crippen LogP contribution in [-0.4, -0.2) is 15.7 Å². The Labute approximate surface area is 170 Å². The topological polar surface area (TPSA) is 46.9 Å². The minimum Gasteiger partial charge on any atom is -0.311 e. The molecular formula is C24H26FN3O. The second kappa shape index (κ2) is 8.19. The molecule has 0 spiro atoms. The van der Waals surface area contributed by atoms with E-state index in [1.807, 2.05) is 24.7 Å². The van der Waals surface area contributed by atoms with E-state index in [2.05, 4.69) is 34.7 Å². The van der Waals surface area contributed by atoms with Gasteiger partial charge in [-0.25, -0.2) is 9.07 Å². The molecule has 1 aliphatic carbocycles. The van der Waals surface area contributed by atoms with Gasteiger partial charge in [-0.2, -0.15) is 5.10 Å². The predicted molar refractivity (Wildman–Crippen MR) is 113 cm³/mol. The molecule has 3 aromatic rings. The molecule has 2 aromatic carbocycles. The van der Waals surface area contributed by atoms with E-state index in [9.17, 15) is 9.18 Å². The molecule has 150 valence electrons. The van der Waals surface area contributed by atoms with Crippen molar-refractivity contribution < 1.29 is 9.18 Å². The number of halogens is 1. The minimum absolute atomic E-state index is 0.00249. The molecule has 1 aliphatic rings. The van der Waals surface area contributed by atoms with Crippen LogP contribution in [0.4, 0.5) is 10.2 Å². The SMILES string of the molecule is Cc1cnn(C2CCCc3ccccc32)c1NC(=O)CC(C)c1ccc(F)cc1. The van der Waals surface area contributed by atoms with Crippen LogP contribution in [0, 0.1) is 12.7 Å². The molecule has 0 bridgehead atoms. The Kier molecular flexibility index (Phi) is 5.47. The number of fused-ring (bicyclic) bond motifs is 1. The number of carbonyl (C=O) groups excluding carboxylic acids is 1. The van der Waals surface area contributed by atoms with Gasteiger partial charge in [0.05, 0.1) is 12.2 Å². The van der Waals surface area contributed by atoms with Crippen LogP contribution < -0.4 is 5.32 Å². The van der Waals surface area contributed by atoms with Gasteiger partial charge in [0, 0.05) is 12.0 Å². The van der Waals surface area contributed by atoms with Gasteiger partial charge in [0.15, 0.2) is 0 Å². The Morgan fingerprint density at radius 1 is 1.24 bits per heavy atom. The highest BCUT2D eigenvalue weighted by Gasteiger charge is 2.25. The molecule has 29 heavy (non-hydrogen) atoms. The summed E-state index contributed by atoms with van der Waals surface area (Å²) in [7, 11) is 0. The molecule has 2 atom stereocenters. The van der Waals surface area contributed by atoms with Gasteiger partial charge in [0.2, 0.25) is 5.91 Å². The van der Waals surface area contributed by atoms with E-state index in [-0.39, 0.29) is 23.7 Å². The molecule has 0 fully saturated rings. The highest BCUT2D eigenvalue weighted by atomic mass is 19.1. The first-order chi connectivity index (χ1) is 14.0. The van der Waals surface area contributed by atoms with E-state index in [1.165, 1.54) is 23.3 Å². The molecule has 5 heteroatoms. The molecule has 4 rings (SSSR count). The van der Waals surface area contributed by atoms with Crippen LogP contribution in [0.2, 0.25) is 0 Å². The maximum Gasteiger partial charge on any atom is 0.226 e. The lowest BCUT2D eigenvalue weighted by molar-refractivity contribution is -0.116. The van der Waals surface area contributed by atoms with Crippen LogP contribution >= 0.6 is 0 Å². The number of nitrogens with zero attached hydrogens (tertiary/aromatic N) is 2. The zero-order chi connectivity index (χ0) is 20.4. The number of benzene rings is 2. The van der Waals surface area contributed by atoms with Gasteiger partial charge in [-0.1, -0.05) is 43.3 Å². The highest BCUT2D eigenvalue weighted by molar-refractivity contribution is 5.91. The number of nitrogens with one attached hydrogen (secondary N) is 1. The summed E-state index contributed by atoms with van der Waals surface area (Å²) in [6.07, 6.45) is 5.35. The van der Waals surface area contributed by atoms with Gasteiger partial charge in [-0.15, -0.1) is 0 Å². The van der Waals surface area contributed by atoms with E-state index >= 15 is 0 Å². The van der Waals surface area contributed by atoms with E-state index in [0.29, 0.717) is 6.42 Å². The number of aryl methyl sites for hydroxylation is 2. The van der Waals surface area contributed by atoms with Gasteiger partial charge in [0.25, 0.3) is 0 Å². The quantitative estimate of drug-likeness (QED) is 0.634. The van der Waals surface area contributed by atoms with Gasteiger partial charge < -0.3 is 5.32 Å². The Balaban J connectivity index is 1.52. The average Bonchev–Trinajstić information content (AvgIpc) is 3.08. The lowest BCUT2D eigenvalue weighted by Crippen LogP contribution is -2.23. The number of aromatic nitrogens is 2. The van der Waals surface area contributed by atoms with Crippen LogP contribution in [0.3, 0.4) is 0 Å². The first-order valence-electron chi connectivity index (χ1n) is 10.2. The minimum atomic E-state index is -0.266. The van der Waals surface area contributed by atoms with Crippen molar-refractivity contribution in [1.82, 2.24) is 9.78 Å². The van der Waals surface area contributed by atoms with E-state index in [1.54, 1.807) is 12.1 Å². The molecule has 1 N–H and O–H groups in total. The Morgan fingerprint density at radius 3 is 2.79 bits per heavy atom. The molecule has 4 nitrogen and oxygen atoms in total. The molecule has 0 saturated heterocycles. The van der Waals surface area contributed by atoms with Crippen molar-refractivity contribution in [1.29, 1.82) is 0 Å². The summed E-state index contributed by atoms with van der Waals surface area (Å²) in [6, 6.07) is 15.0. The molecule has 0 radical (unpaired) electrons. The maximum absolute atomic E-state index is 13.1. The van der Waals surface area contributed by atoms with Crippen molar-refractivity contribution in [2.24, 2.45) is 0 Å². The lowest BCUT2D eigenvalue weighted by Gasteiger charge is -2.27. The van der Waals surface area contributed by atoms with E-state index in [0.717, 1.165) is 36.2 Å². The Morgan fingerprint density at radius 2 is 2.00 bits per heavy atom. The summed E-state index contributed by atoms with van der Waals surface area (Å²) in [5.41, 5.74) is 4.56. The fourth-order valence-corrected chi connectivity index (χ4v) is 4.19. The number of anilines is 1. The van der Waals surface area contributed by atoms with Crippen molar-refractivity contribution in [2.45, 2.75) is 51.5 Å².